The van der Waals surface area contributed by atoms with Crippen LogP contribution in [0.25, 0.3) is 0 Å². The molecular formula is C26H23N3O8. The Morgan fingerprint density at radius 3 is 2.00 bits per heavy atom. The maximum absolute atomic E-state index is 13.8. The number of fused-ring (bicyclic) bond motifs is 1. The molecule has 3 aromatic rings. The third-order valence-electron chi connectivity index (χ3n) is 6.47. The lowest BCUT2D eigenvalue weighted by molar-refractivity contribution is -0.384. The molecule has 0 aromatic heterocycles. The van der Waals surface area contributed by atoms with Crippen LogP contribution in [0.4, 0.5) is 17.1 Å². The van der Waals surface area contributed by atoms with Gasteiger partial charge in [0.15, 0.2) is 17.6 Å². The van der Waals surface area contributed by atoms with Gasteiger partial charge in [-0.05, 0) is 42.0 Å². The number of anilines is 2. The van der Waals surface area contributed by atoms with Gasteiger partial charge in [-0.2, -0.15) is 0 Å². The van der Waals surface area contributed by atoms with E-state index in [-0.39, 0.29) is 11.4 Å². The zero-order chi connectivity index (χ0) is 26.3. The fourth-order valence-corrected chi connectivity index (χ4v) is 4.80. The number of ether oxygens (including phenoxy) is 3. The highest BCUT2D eigenvalue weighted by atomic mass is 16.7. The minimum Gasteiger partial charge on any atom is -0.493 e. The predicted octanol–water partition coefficient (Wildman–Crippen LogP) is 3.67. The van der Waals surface area contributed by atoms with Crippen LogP contribution in [0.2, 0.25) is 0 Å². The standard InChI is InChI=1S/C26H23N3O8/c1-34-19-13-15(14-20(35-2)23(19)36-3)22-21-24(37-28(22)17-7-5-4-6-8-17)26(31)27(25(21)30)16-9-11-18(12-10-16)29(32)33/h4-14,21-22,24H,1-3H3/t21-,22-,24+/m1/s1. The van der Waals surface area contributed by atoms with E-state index in [0.29, 0.717) is 28.5 Å². The lowest BCUT2D eigenvalue weighted by Crippen LogP contribution is -2.37. The topological polar surface area (TPSA) is 121 Å². The van der Waals surface area contributed by atoms with Gasteiger partial charge in [0.05, 0.1) is 43.7 Å². The molecule has 11 heteroatoms. The number of non-ortho nitro benzene ring substituents is 1. The molecule has 190 valence electrons. The maximum atomic E-state index is 13.8. The van der Waals surface area contributed by atoms with Gasteiger partial charge in [-0.15, -0.1) is 0 Å². The first-order chi connectivity index (χ1) is 17.9. The van der Waals surface area contributed by atoms with Gasteiger partial charge in [0.25, 0.3) is 11.6 Å². The van der Waals surface area contributed by atoms with Gasteiger partial charge in [-0.3, -0.25) is 24.5 Å². The molecule has 2 fully saturated rings. The fourth-order valence-electron chi connectivity index (χ4n) is 4.80. The number of hydrogen-bond acceptors (Lipinski definition) is 9. The summed E-state index contributed by atoms with van der Waals surface area (Å²) >= 11 is 0. The van der Waals surface area contributed by atoms with E-state index in [0.717, 1.165) is 4.90 Å². The van der Waals surface area contributed by atoms with Gasteiger partial charge in [-0.1, -0.05) is 18.2 Å². The van der Waals surface area contributed by atoms with E-state index in [4.69, 9.17) is 19.0 Å². The molecule has 3 aromatic carbocycles. The van der Waals surface area contributed by atoms with E-state index in [1.54, 1.807) is 17.2 Å². The Labute approximate surface area is 211 Å². The Balaban J connectivity index is 1.61. The van der Waals surface area contributed by atoms with Gasteiger partial charge in [0, 0.05) is 12.1 Å². The van der Waals surface area contributed by atoms with Gasteiger partial charge in [0.1, 0.15) is 5.92 Å². The molecule has 2 saturated heterocycles. The van der Waals surface area contributed by atoms with E-state index in [1.807, 2.05) is 30.3 Å². The summed E-state index contributed by atoms with van der Waals surface area (Å²) in [6.45, 7) is 0. The second-order valence-corrected chi connectivity index (χ2v) is 8.40. The highest BCUT2D eigenvalue weighted by molar-refractivity contribution is 6.24. The molecule has 0 saturated carbocycles. The van der Waals surface area contributed by atoms with Gasteiger partial charge < -0.3 is 14.2 Å². The number of para-hydroxylation sites is 1. The minimum absolute atomic E-state index is 0.148. The van der Waals surface area contributed by atoms with E-state index < -0.39 is 34.8 Å². The number of rotatable bonds is 7. The van der Waals surface area contributed by atoms with E-state index >= 15 is 0 Å². The summed E-state index contributed by atoms with van der Waals surface area (Å²) in [7, 11) is 4.47. The Bertz CT molecular complexity index is 1340. The summed E-state index contributed by atoms with van der Waals surface area (Å²) in [6, 6.07) is 17.1. The van der Waals surface area contributed by atoms with Crippen LogP contribution in [0.5, 0.6) is 17.2 Å². The largest absolute Gasteiger partial charge is 0.493 e. The molecule has 0 aliphatic carbocycles. The van der Waals surface area contributed by atoms with Crippen LogP contribution in [0.15, 0.2) is 66.7 Å². The highest BCUT2D eigenvalue weighted by Crippen LogP contribution is 2.50. The normalized spacial score (nSPS) is 20.7. The zero-order valence-electron chi connectivity index (χ0n) is 20.2. The van der Waals surface area contributed by atoms with Crippen LogP contribution in [-0.2, 0) is 14.4 Å². The molecule has 0 unspecified atom stereocenters. The van der Waals surface area contributed by atoms with Crippen LogP contribution >= 0.6 is 0 Å². The third-order valence-corrected chi connectivity index (χ3v) is 6.47. The summed E-state index contributed by atoms with van der Waals surface area (Å²) in [5.74, 6) is -0.794. The number of methoxy groups -OCH3 is 3. The van der Waals surface area contributed by atoms with Crippen molar-refractivity contribution < 1.29 is 33.6 Å². The summed E-state index contributed by atoms with van der Waals surface area (Å²) in [4.78, 5) is 44.9. The molecule has 0 spiro atoms. The van der Waals surface area contributed by atoms with Crippen LogP contribution in [0, 0.1) is 16.0 Å². The van der Waals surface area contributed by atoms with Crippen molar-refractivity contribution in [1.29, 1.82) is 0 Å². The van der Waals surface area contributed by atoms with Crippen molar-refractivity contribution in [2.75, 3.05) is 31.3 Å². The second kappa shape index (κ2) is 9.43. The quantitative estimate of drug-likeness (QED) is 0.269. The molecule has 2 aliphatic heterocycles. The molecule has 2 heterocycles. The number of carbonyl (C=O) groups excluding carboxylic acids is 2. The smallest absolute Gasteiger partial charge is 0.269 e. The molecule has 2 amide bonds. The number of imide groups is 1. The third kappa shape index (κ3) is 3.89. The molecule has 5 rings (SSSR count). The molecule has 0 bridgehead atoms. The lowest BCUT2D eigenvalue weighted by Gasteiger charge is -2.29. The van der Waals surface area contributed by atoms with Crippen molar-refractivity contribution in [3.8, 4) is 17.2 Å². The van der Waals surface area contributed by atoms with E-state index in [2.05, 4.69) is 0 Å². The number of hydrogen-bond donors (Lipinski definition) is 0. The molecule has 2 aliphatic rings. The van der Waals surface area contributed by atoms with E-state index in [9.17, 15) is 19.7 Å². The molecular weight excluding hydrogens is 482 g/mol. The van der Waals surface area contributed by atoms with Crippen molar-refractivity contribution in [1.82, 2.24) is 0 Å². The van der Waals surface area contributed by atoms with Crippen molar-refractivity contribution in [3.63, 3.8) is 0 Å². The molecule has 37 heavy (non-hydrogen) atoms. The Morgan fingerprint density at radius 2 is 1.46 bits per heavy atom. The van der Waals surface area contributed by atoms with Crippen LogP contribution in [0.3, 0.4) is 0 Å². The second-order valence-electron chi connectivity index (χ2n) is 8.40. The fraction of sp³-hybridized carbons (Fsp3) is 0.231. The first-order valence-electron chi connectivity index (χ1n) is 11.3. The number of hydroxylamine groups is 1. The van der Waals surface area contributed by atoms with Crippen molar-refractivity contribution in [3.05, 3.63) is 82.4 Å². The SMILES string of the molecule is COc1cc([C@@H]2[C@H]3C(=O)N(c4ccc([N+](=O)[O-])cc4)C(=O)[C@H]3ON2c2ccccc2)cc(OC)c1OC. The summed E-state index contributed by atoms with van der Waals surface area (Å²) in [5.41, 5.74) is 1.34. The van der Waals surface area contributed by atoms with Crippen molar-refractivity contribution in [2.24, 2.45) is 5.92 Å². The molecule has 0 radical (unpaired) electrons. The lowest BCUT2D eigenvalue weighted by atomic mass is 9.90. The van der Waals surface area contributed by atoms with Crippen LogP contribution in [-0.4, -0.2) is 44.2 Å². The number of benzene rings is 3. The Morgan fingerprint density at radius 1 is 0.838 bits per heavy atom. The first-order valence-corrected chi connectivity index (χ1v) is 11.3. The van der Waals surface area contributed by atoms with Crippen LogP contribution in [0.1, 0.15) is 11.6 Å². The molecule has 11 nitrogen and oxygen atoms in total. The Kier molecular flexibility index (Phi) is 6.14. The average Bonchev–Trinajstić information content (AvgIpc) is 3.43. The number of nitro benzene ring substituents is 1. The van der Waals surface area contributed by atoms with E-state index in [1.165, 1.54) is 45.6 Å². The monoisotopic (exact) mass is 505 g/mol. The molecule has 0 N–H and O–H groups in total. The summed E-state index contributed by atoms with van der Waals surface area (Å²) in [6.07, 6.45) is -1.10. The average molecular weight is 505 g/mol. The zero-order valence-corrected chi connectivity index (χ0v) is 20.2. The van der Waals surface area contributed by atoms with Crippen molar-refractivity contribution >= 4 is 28.9 Å². The predicted molar refractivity (Wildman–Crippen MR) is 132 cm³/mol. The summed E-state index contributed by atoms with van der Waals surface area (Å²) < 4.78 is 16.5. The highest BCUT2D eigenvalue weighted by Gasteiger charge is 2.60. The maximum Gasteiger partial charge on any atom is 0.269 e. The van der Waals surface area contributed by atoms with Crippen molar-refractivity contribution in [2.45, 2.75) is 12.1 Å². The van der Waals surface area contributed by atoms with Gasteiger partial charge in [-0.25, -0.2) is 9.96 Å². The minimum atomic E-state index is -1.10. The summed E-state index contributed by atoms with van der Waals surface area (Å²) in [5, 5.41) is 12.6. The molecule has 3 atom stereocenters. The number of nitro groups is 1. The van der Waals surface area contributed by atoms with Gasteiger partial charge in [0.2, 0.25) is 11.7 Å². The first kappa shape index (κ1) is 24.1. The van der Waals surface area contributed by atoms with Crippen LogP contribution < -0.4 is 24.2 Å². The van der Waals surface area contributed by atoms with Gasteiger partial charge >= 0.3 is 0 Å². The number of carbonyl (C=O) groups is 2. The number of nitrogens with zero attached hydrogens (tertiary/aromatic N) is 3. The number of amides is 2. The Hall–Kier alpha value is -4.64.